The van der Waals surface area contributed by atoms with Gasteiger partial charge < -0.3 is 4.18 Å². The minimum absolute atomic E-state index is 0.683. The third-order valence-corrected chi connectivity index (χ3v) is 2.74. The third kappa shape index (κ3) is 1.23. The summed E-state index contributed by atoms with van der Waals surface area (Å²) in [6, 6.07) is 7.63. The van der Waals surface area contributed by atoms with Crippen molar-refractivity contribution in [3.05, 3.63) is 29.8 Å². The molecule has 0 radical (unpaired) electrons. The van der Waals surface area contributed by atoms with E-state index in [1.807, 2.05) is 24.3 Å². The lowest BCUT2D eigenvalue weighted by Crippen LogP contribution is -2.28. The summed E-state index contributed by atoms with van der Waals surface area (Å²) < 4.78 is 18.0. The second kappa shape index (κ2) is 2.88. The molecule has 64 valence electrons. The first-order valence-corrected chi connectivity index (χ1v) is 4.70. The Balaban J connectivity index is 2.40. The summed E-state index contributed by atoms with van der Waals surface area (Å²) in [7, 11) is 1.77. The highest BCUT2D eigenvalue weighted by Crippen LogP contribution is 2.25. The Bertz CT molecular complexity index is 327. The molecule has 0 bridgehead atoms. The van der Waals surface area contributed by atoms with Gasteiger partial charge in [0.2, 0.25) is 0 Å². The van der Waals surface area contributed by atoms with Gasteiger partial charge in [0.15, 0.2) is 0 Å². The van der Waals surface area contributed by atoms with Gasteiger partial charge >= 0.3 is 0 Å². The van der Waals surface area contributed by atoms with Gasteiger partial charge in [-0.25, -0.2) is 0 Å². The van der Waals surface area contributed by atoms with Crippen molar-refractivity contribution in [3.63, 3.8) is 0 Å². The number of fused-ring (bicyclic) bond motifs is 1. The Labute approximate surface area is 73.7 Å². The molecule has 0 fully saturated rings. The summed E-state index contributed by atoms with van der Waals surface area (Å²) in [5.74, 6) is 0.730. The molecular formula is C8H9NO2S. The van der Waals surface area contributed by atoms with Gasteiger partial charge in [-0.1, -0.05) is 18.2 Å². The summed E-state index contributed by atoms with van der Waals surface area (Å²) in [6.45, 7) is 0.683. The van der Waals surface area contributed by atoms with E-state index < -0.39 is 11.3 Å². The molecule has 0 amide bonds. The van der Waals surface area contributed by atoms with Gasteiger partial charge in [-0.15, -0.1) is 0 Å². The normalized spacial score (nSPS) is 22.9. The van der Waals surface area contributed by atoms with Gasteiger partial charge in [0.05, 0.1) is 0 Å². The molecular weight excluding hydrogens is 174 g/mol. The lowest BCUT2D eigenvalue weighted by atomic mass is 10.2. The third-order valence-electron chi connectivity index (χ3n) is 1.78. The van der Waals surface area contributed by atoms with Crippen molar-refractivity contribution in [3.8, 4) is 5.75 Å². The van der Waals surface area contributed by atoms with Crippen LogP contribution in [0.3, 0.4) is 0 Å². The number of hydrogen-bond donors (Lipinski definition) is 0. The molecule has 0 N–H and O–H groups in total. The van der Waals surface area contributed by atoms with Crippen LogP contribution >= 0.6 is 0 Å². The molecule has 2 rings (SSSR count). The lowest BCUT2D eigenvalue weighted by molar-refractivity contribution is 0.414. The molecule has 1 aliphatic rings. The molecule has 0 aliphatic carbocycles. The molecule has 0 spiro atoms. The molecule has 0 saturated carbocycles. The zero-order valence-electron chi connectivity index (χ0n) is 6.69. The molecule has 3 nitrogen and oxygen atoms in total. The first-order valence-electron chi connectivity index (χ1n) is 3.66. The van der Waals surface area contributed by atoms with Crippen molar-refractivity contribution in [1.82, 2.24) is 4.31 Å². The molecule has 1 atom stereocenters. The quantitative estimate of drug-likeness (QED) is 0.602. The van der Waals surface area contributed by atoms with E-state index in [4.69, 9.17) is 4.18 Å². The first-order chi connectivity index (χ1) is 5.77. The van der Waals surface area contributed by atoms with Crippen molar-refractivity contribution >= 4 is 11.3 Å². The van der Waals surface area contributed by atoms with E-state index in [2.05, 4.69) is 0 Å². The van der Waals surface area contributed by atoms with E-state index >= 15 is 0 Å². The Morgan fingerprint density at radius 3 is 3.08 bits per heavy atom. The average molecular weight is 183 g/mol. The number of nitrogens with zero attached hydrogens (tertiary/aromatic N) is 1. The van der Waals surface area contributed by atoms with Crippen LogP contribution in [0, 0.1) is 0 Å². The fourth-order valence-electron chi connectivity index (χ4n) is 1.15. The smallest absolute Gasteiger partial charge is 0.290 e. The van der Waals surface area contributed by atoms with E-state index in [-0.39, 0.29) is 0 Å². The maximum Gasteiger partial charge on any atom is 0.290 e. The maximum atomic E-state index is 11.2. The topological polar surface area (TPSA) is 29.5 Å². The predicted molar refractivity (Wildman–Crippen MR) is 46.7 cm³/mol. The van der Waals surface area contributed by atoms with E-state index in [1.165, 1.54) is 0 Å². The fourth-order valence-corrected chi connectivity index (χ4v) is 1.84. The molecule has 1 aromatic rings. The standard InChI is InChI=1S/C8H9NO2S/c1-9-6-7-4-2-3-5-8(7)11-12(9)10/h2-5H,6H2,1H3. The van der Waals surface area contributed by atoms with Crippen LogP contribution in [0.4, 0.5) is 0 Å². The molecule has 1 unspecified atom stereocenters. The van der Waals surface area contributed by atoms with Gasteiger partial charge in [-0.3, -0.25) is 0 Å². The summed E-state index contributed by atoms with van der Waals surface area (Å²) in [5, 5.41) is 0. The summed E-state index contributed by atoms with van der Waals surface area (Å²) >= 11 is -1.31. The highest BCUT2D eigenvalue weighted by molar-refractivity contribution is 7.78. The number of benzene rings is 1. The average Bonchev–Trinajstić information content (AvgIpc) is 2.07. The highest BCUT2D eigenvalue weighted by atomic mass is 32.2. The maximum absolute atomic E-state index is 11.2. The molecule has 1 aromatic carbocycles. The van der Waals surface area contributed by atoms with Crippen molar-refractivity contribution < 1.29 is 8.39 Å². The number of hydrogen-bond acceptors (Lipinski definition) is 2. The van der Waals surface area contributed by atoms with Crippen LogP contribution in [-0.4, -0.2) is 15.6 Å². The van der Waals surface area contributed by atoms with Crippen molar-refractivity contribution in [2.45, 2.75) is 6.54 Å². The van der Waals surface area contributed by atoms with Crippen LogP contribution in [0.25, 0.3) is 0 Å². The SMILES string of the molecule is CN1Cc2ccccc2OS1=O. The molecule has 1 heterocycles. The molecule has 0 aromatic heterocycles. The summed E-state index contributed by atoms with van der Waals surface area (Å²) in [5.41, 5.74) is 1.08. The van der Waals surface area contributed by atoms with Crippen molar-refractivity contribution in [1.29, 1.82) is 0 Å². The van der Waals surface area contributed by atoms with Gasteiger partial charge in [-0.05, 0) is 6.07 Å². The highest BCUT2D eigenvalue weighted by Gasteiger charge is 2.19. The molecule has 1 aliphatic heterocycles. The first kappa shape index (κ1) is 7.76. The largest absolute Gasteiger partial charge is 0.389 e. The molecule has 12 heavy (non-hydrogen) atoms. The molecule has 0 saturated heterocycles. The second-order valence-electron chi connectivity index (χ2n) is 2.69. The number of rotatable bonds is 0. The van der Waals surface area contributed by atoms with Crippen LogP contribution in [-0.2, 0) is 17.8 Å². The van der Waals surface area contributed by atoms with Crippen LogP contribution in [0.5, 0.6) is 5.75 Å². The summed E-state index contributed by atoms with van der Waals surface area (Å²) in [6.07, 6.45) is 0. The van der Waals surface area contributed by atoms with E-state index in [1.54, 1.807) is 11.4 Å². The monoisotopic (exact) mass is 183 g/mol. The van der Waals surface area contributed by atoms with Crippen LogP contribution < -0.4 is 4.18 Å². The van der Waals surface area contributed by atoms with Crippen LogP contribution in [0.2, 0.25) is 0 Å². The van der Waals surface area contributed by atoms with Crippen molar-refractivity contribution in [2.75, 3.05) is 7.05 Å². The number of para-hydroxylation sites is 1. The minimum atomic E-state index is -1.31. The van der Waals surface area contributed by atoms with Crippen LogP contribution in [0.1, 0.15) is 5.56 Å². The Morgan fingerprint density at radius 2 is 2.25 bits per heavy atom. The summed E-state index contributed by atoms with van der Waals surface area (Å²) in [4.78, 5) is 0. The van der Waals surface area contributed by atoms with Crippen molar-refractivity contribution in [2.24, 2.45) is 0 Å². The Kier molecular flexibility index (Phi) is 1.86. The second-order valence-corrected chi connectivity index (χ2v) is 3.92. The zero-order valence-corrected chi connectivity index (χ0v) is 7.50. The fraction of sp³-hybridized carbons (Fsp3) is 0.250. The van der Waals surface area contributed by atoms with Gasteiger partial charge in [-0.2, -0.15) is 8.51 Å². The molecule has 4 heteroatoms. The Hall–Kier alpha value is -0.870. The van der Waals surface area contributed by atoms with Gasteiger partial charge in [0.25, 0.3) is 11.3 Å². The van der Waals surface area contributed by atoms with E-state index in [0.29, 0.717) is 6.54 Å². The minimum Gasteiger partial charge on any atom is -0.389 e. The van der Waals surface area contributed by atoms with Gasteiger partial charge in [0, 0.05) is 19.2 Å². The van der Waals surface area contributed by atoms with Crippen LogP contribution in [0.15, 0.2) is 24.3 Å². The lowest BCUT2D eigenvalue weighted by Gasteiger charge is -2.22. The van der Waals surface area contributed by atoms with E-state index in [9.17, 15) is 4.21 Å². The van der Waals surface area contributed by atoms with E-state index in [0.717, 1.165) is 11.3 Å². The van der Waals surface area contributed by atoms with Gasteiger partial charge in [0.1, 0.15) is 5.75 Å². The zero-order chi connectivity index (χ0) is 8.55. The predicted octanol–water partition coefficient (Wildman–Crippen LogP) is 1.09. The Morgan fingerprint density at radius 1 is 1.50 bits per heavy atom.